The van der Waals surface area contributed by atoms with Gasteiger partial charge in [0, 0.05) is 6.92 Å². The van der Waals surface area contributed by atoms with Crippen molar-refractivity contribution in [2.75, 3.05) is 29.1 Å². The lowest BCUT2D eigenvalue weighted by atomic mass is 10.2. The molecule has 0 aliphatic heterocycles. The highest BCUT2D eigenvalue weighted by Crippen LogP contribution is 2.43. The molecular weight excluding hydrogens is 811 g/mol. The number of benzene rings is 4. The Balaban J connectivity index is 1.68. The molecule has 26 heteroatoms. The normalized spacial score (nSPS) is 12.9. The van der Waals surface area contributed by atoms with Crippen molar-refractivity contribution >= 4 is 97.6 Å². The van der Waals surface area contributed by atoms with Gasteiger partial charge in [0.25, 0.3) is 20.2 Å². The monoisotopic (exact) mass is 839 g/mol. The molecule has 8 N–H and O–H groups in total. The fourth-order valence-electron chi connectivity index (χ4n) is 4.35. The summed E-state index contributed by atoms with van der Waals surface area (Å²) in [6, 6.07) is 13.3. The zero-order valence-corrected chi connectivity index (χ0v) is 31.4. The van der Waals surface area contributed by atoms with Crippen LogP contribution in [0.1, 0.15) is 12.5 Å². The highest BCUT2D eigenvalue weighted by Gasteiger charge is 2.23. The smallest absolute Gasteiger partial charge is 0.396 e. The van der Waals surface area contributed by atoms with Crippen molar-refractivity contribution in [3.8, 4) is 0 Å². The quantitative estimate of drug-likeness (QED) is 0.0522. The van der Waals surface area contributed by atoms with Gasteiger partial charge >= 0.3 is 10.4 Å². The summed E-state index contributed by atoms with van der Waals surface area (Å²) in [7, 11) is -18.6. The topological polar surface area (TPSA) is 362 Å². The van der Waals surface area contributed by atoms with E-state index >= 15 is 0 Å². The lowest BCUT2D eigenvalue weighted by molar-refractivity contribution is -0.114. The van der Waals surface area contributed by atoms with E-state index < -0.39 is 79.9 Å². The van der Waals surface area contributed by atoms with Gasteiger partial charge in [-0.05, 0) is 73.2 Å². The summed E-state index contributed by atoms with van der Waals surface area (Å²) in [5, 5.41) is 26.1. The van der Waals surface area contributed by atoms with Crippen molar-refractivity contribution in [3.63, 3.8) is 0 Å². The van der Waals surface area contributed by atoms with E-state index in [0.29, 0.717) is 5.56 Å². The first-order valence-corrected chi connectivity index (χ1v) is 20.7. The van der Waals surface area contributed by atoms with E-state index in [1.807, 2.05) is 0 Å². The summed E-state index contributed by atoms with van der Waals surface area (Å²) in [5.74, 6) is -1.34. The number of carbonyl (C=O) groups excluding carboxylic acids is 1. The summed E-state index contributed by atoms with van der Waals surface area (Å²) in [6.45, 7) is 1.94. The zero-order chi connectivity index (χ0) is 40.9. The van der Waals surface area contributed by atoms with Gasteiger partial charge in [-0.15, -0.1) is 20.5 Å². The third-order valence-corrected chi connectivity index (χ3v) is 10.8. The van der Waals surface area contributed by atoms with Crippen LogP contribution in [0.4, 0.5) is 51.2 Å². The Kier molecular flexibility index (Phi) is 12.6. The molecule has 0 heterocycles. The molecule has 4 rings (SSSR count). The molecule has 0 aliphatic carbocycles. The van der Waals surface area contributed by atoms with Crippen molar-refractivity contribution < 1.29 is 56.3 Å². The number of nitrogens with one attached hydrogen (secondary N) is 1. The molecule has 0 radical (unpaired) electrons. The highest BCUT2D eigenvalue weighted by atomic mass is 32.3. The number of aryl methyl sites for hydroxylation is 1. The first-order chi connectivity index (χ1) is 25.4. The van der Waals surface area contributed by atoms with Crippen LogP contribution in [0.3, 0.4) is 0 Å². The molecule has 0 bridgehead atoms. The van der Waals surface area contributed by atoms with Crippen LogP contribution in [0.2, 0.25) is 0 Å². The van der Waals surface area contributed by atoms with Crippen LogP contribution in [-0.2, 0) is 49.5 Å². The third kappa shape index (κ3) is 11.4. The predicted octanol–water partition coefficient (Wildman–Crippen LogP) is 5.45. The molecule has 55 heavy (non-hydrogen) atoms. The lowest BCUT2D eigenvalue weighted by Gasteiger charge is -2.11. The first kappa shape index (κ1) is 42.1. The number of nitrogens with zero attached hydrogens (tertiary/aromatic N) is 6. The number of rotatable bonds is 14. The molecule has 22 nitrogen and oxygen atoms in total. The fourth-order valence-corrected chi connectivity index (χ4v) is 7.19. The van der Waals surface area contributed by atoms with Gasteiger partial charge in [-0.25, -0.2) is 12.6 Å². The largest absolute Gasteiger partial charge is 0.397 e. The van der Waals surface area contributed by atoms with Crippen molar-refractivity contribution in [1.82, 2.24) is 0 Å². The van der Waals surface area contributed by atoms with E-state index in [2.05, 4.69) is 40.2 Å². The third-order valence-electron chi connectivity index (χ3n) is 6.87. The summed E-state index contributed by atoms with van der Waals surface area (Å²) >= 11 is 0. The van der Waals surface area contributed by atoms with Crippen LogP contribution in [-0.4, -0.2) is 65.6 Å². The summed E-state index contributed by atoms with van der Waals surface area (Å²) < 4.78 is 126. The number of anilines is 3. The van der Waals surface area contributed by atoms with Gasteiger partial charge in [0.1, 0.15) is 32.5 Å². The Morgan fingerprint density at radius 2 is 1.24 bits per heavy atom. The Labute approximate surface area is 313 Å². The molecule has 0 saturated carbocycles. The molecule has 0 saturated heterocycles. The fraction of sp³-hybridized carbons (Fsp3) is 0.138. The van der Waals surface area contributed by atoms with Crippen molar-refractivity contribution in [1.29, 1.82) is 0 Å². The minimum atomic E-state index is -5.01. The van der Waals surface area contributed by atoms with Crippen LogP contribution < -0.4 is 16.8 Å². The van der Waals surface area contributed by atoms with E-state index in [0.717, 1.165) is 18.2 Å². The SMILES string of the molecule is CC(=O)Nc1cc(N=Nc2c(N)c(N=Nc3ccc(S(=O)(=O)CCOS(=O)(=O)O)cc3)cc(S(=O)(=O)O)c2N)ccc1N=Nc1ccc(C)cc1S(=O)(=O)O. The second-order valence-corrected chi connectivity index (χ2v) is 17.0. The van der Waals surface area contributed by atoms with Gasteiger partial charge < -0.3 is 16.8 Å². The van der Waals surface area contributed by atoms with E-state index in [-0.39, 0.29) is 44.7 Å². The summed E-state index contributed by atoms with van der Waals surface area (Å²) in [4.78, 5) is 10.3. The maximum Gasteiger partial charge on any atom is 0.397 e. The molecule has 0 spiro atoms. The molecule has 1 amide bonds. The number of nitrogen functional groups attached to an aromatic ring is 2. The Morgan fingerprint density at radius 3 is 1.84 bits per heavy atom. The van der Waals surface area contributed by atoms with Gasteiger partial charge in [-0.2, -0.15) is 35.5 Å². The Bertz CT molecular complexity index is 2700. The molecule has 4 aromatic carbocycles. The van der Waals surface area contributed by atoms with Crippen LogP contribution in [0.5, 0.6) is 0 Å². The number of carbonyl (C=O) groups is 1. The van der Waals surface area contributed by atoms with Gasteiger partial charge in [-0.3, -0.25) is 18.5 Å². The lowest BCUT2D eigenvalue weighted by Crippen LogP contribution is -2.15. The number of sulfone groups is 1. The molecule has 0 unspecified atom stereocenters. The Hall–Kier alpha value is -5.61. The van der Waals surface area contributed by atoms with Crippen LogP contribution in [0, 0.1) is 6.92 Å². The van der Waals surface area contributed by atoms with E-state index in [1.165, 1.54) is 55.5 Å². The van der Waals surface area contributed by atoms with E-state index in [1.54, 1.807) is 6.92 Å². The van der Waals surface area contributed by atoms with E-state index in [4.69, 9.17) is 16.0 Å². The zero-order valence-electron chi connectivity index (χ0n) is 28.2. The molecule has 0 atom stereocenters. The average Bonchev–Trinajstić information content (AvgIpc) is 3.06. The molecule has 4 aromatic rings. The second kappa shape index (κ2) is 16.4. The number of nitrogens with two attached hydrogens (primary N) is 2. The number of azo groups is 3. The van der Waals surface area contributed by atoms with Crippen LogP contribution in [0.25, 0.3) is 0 Å². The van der Waals surface area contributed by atoms with Gasteiger partial charge in [0.2, 0.25) is 5.91 Å². The number of hydrogen-bond donors (Lipinski definition) is 6. The molecule has 0 fully saturated rings. The first-order valence-electron chi connectivity index (χ1n) is 14.8. The second-order valence-electron chi connectivity index (χ2n) is 11.0. The highest BCUT2D eigenvalue weighted by molar-refractivity contribution is 7.91. The number of amides is 1. The van der Waals surface area contributed by atoms with Crippen molar-refractivity contribution in [3.05, 3.63) is 72.3 Å². The van der Waals surface area contributed by atoms with Crippen LogP contribution >= 0.6 is 0 Å². The van der Waals surface area contributed by atoms with Gasteiger partial charge in [0.15, 0.2) is 9.84 Å². The van der Waals surface area contributed by atoms with Crippen molar-refractivity contribution in [2.45, 2.75) is 28.5 Å². The summed E-state index contributed by atoms with van der Waals surface area (Å²) in [6.07, 6.45) is 0. The van der Waals surface area contributed by atoms with E-state index in [9.17, 15) is 47.6 Å². The van der Waals surface area contributed by atoms with Crippen LogP contribution in [0.15, 0.2) is 112 Å². The molecular formula is C29H29N9O13S4. The maximum atomic E-state index is 12.4. The average molecular weight is 840 g/mol. The predicted molar refractivity (Wildman–Crippen MR) is 195 cm³/mol. The molecule has 0 aliphatic rings. The number of hydrogen-bond acceptors (Lipinski definition) is 18. The standard InChI is InChI=1S/C29H29N9O13S4/c1-16-3-9-22(25(13-16)53(42,43)44)36-35-21-10-6-19(14-23(21)32-17(2)39)34-38-29-27(30)24(15-26(28(29)31)54(45,46)47)37-33-18-4-7-20(8-5-18)52(40,41)12-11-51-55(48,49)50/h3-10,13-15H,11-12,30-31H2,1-2H3,(H,32,39)(H,42,43,44)(H,45,46,47)(H,48,49,50). The molecule has 0 aromatic heterocycles. The Morgan fingerprint density at radius 1 is 0.673 bits per heavy atom. The van der Waals surface area contributed by atoms with Crippen molar-refractivity contribution in [2.24, 2.45) is 30.7 Å². The van der Waals surface area contributed by atoms with Gasteiger partial charge in [-0.1, -0.05) is 6.07 Å². The summed E-state index contributed by atoms with van der Waals surface area (Å²) in [5.41, 5.74) is 10.7. The van der Waals surface area contributed by atoms with Gasteiger partial charge in [0.05, 0.1) is 45.7 Å². The molecule has 292 valence electrons. The minimum Gasteiger partial charge on any atom is -0.396 e. The minimum absolute atomic E-state index is 0.00971. The maximum absolute atomic E-state index is 12.4.